The van der Waals surface area contributed by atoms with E-state index >= 15 is 0 Å². The van der Waals surface area contributed by atoms with Crippen LogP contribution in [0, 0.1) is 6.92 Å². The van der Waals surface area contributed by atoms with Crippen LogP contribution in [0.4, 0.5) is 23.5 Å². The van der Waals surface area contributed by atoms with Crippen molar-refractivity contribution in [3.05, 3.63) is 66.0 Å². The van der Waals surface area contributed by atoms with E-state index in [4.69, 9.17) is 0 Å². The molecule has 0 atom stereocenters. The van der Waals surface area contributed by atoms with Gasteiger partial charge in [-0.3, -0.25) is 9.38 Å². The lowest BCUT2D eigenvalue weighted by molar-refractivity contribution is -0.0504. The smallest absolute Gasteiger partial charge is 0.387 e. The van der Waals surface area contributed by atoms with Crippen LogP contribution in [0.1, 0.15) is 29.8 Å². The highest BCUT2D eigenvalue weighted by Gasteiger charge is 2.34. The number of nitrogens with zero attached hydrogens (tertiary/aromatic N) is 6. The van der Waals surface area contributed by atoms with Crippen molar-refractivity contribution >= 4 is 11.6 Å². The average molecular weight is 486 g/mol. The molecule has 0 unspecified atom stereocenters. The van der Waals surface area contributed by atoms with Crippen molar-refractivity contribution in [3.63, 3.8) is 0 Å². The van der Waals surface area contributed by atoms with E-state index in [1.165, 1.54) is 6.07 Å². The molecular weight excluding hydrogens is 464 g/mol. The Bertz CT molecular complexity index is 1330. The normalized spacial score (nSPS) is 15.7. The maximum absolute atomic E-state index is 13.4. The van der Waals surface area contributed by atoms with E-state index in [0.717, 1.165) is 11.4 Å². The predicted molar refractivity (Wildman–Crippen MR) is 121 cm³/mol. The van der Waals surface area contributed by atoms with Crippen molar-refractivity contribution in [2.45, 2.75) is 38.7 Å². The lowest BCUT2D eigenvalue weighted by atomic mass is 10.1. The summed E-state index contributed by atoms with van der Waals surface area (Å²) in [5, 5.41) is 0. The number of piperidine rings is 1. The lowest BCUT2D eigenvalue weighted by Gasteiger charge is -2.31. The first-order valence-electron chi connectivity index (χ1n) is 11.1. The number of anilines is 1. The van der Waals surface area contributed by atoms with Gasteiger partial charge in [-0.15, -0.1) is 0 Å². The maximum Gasteiger partial charge on any atom is 0.387 e. The van der Waals surface area contributed by atoms with Gasteiger partial charge in [0, 0.05) is 62.1 Å². The molecule has 3 aromatic heterocycles. The third kappa shape index (κ3) is 4.89. The minimum absolute atomic E-state index is 0.116. The fourth-order valence-electron chi connectivity index (χ4n) is 4.17. The highest BCUT2D eigenvalue weighted by Crippen LogP contribution is 2.30. The van der Waals surface area contributed by atoms with Crippen LogP contribution >= 0.6 is 0 Å². The summed E-state index contributed by atoms with van der Waals surface area (Å²) in [6.45, 7) is -0.672. The highest BCUT2D eigenvalue weighted by atomic mass is 19.3. The summed E-state index contributed by atoms with van der Waals surface area (Å²) in [4.78, 5) is 19.5. The van der Waals surface area contributed by atoms with Gasteiger partial charge in [-0.2, -0.15) is 8.78 Å². The molecule has 0 N–H and O–H groups in total. The number of imidazole rings is 1. The van der Waals surface area contributed by atoms with Gasteiger partial charge in [0.25, 0.3) is 5.92 Å². The van der Waals surface area contributed by atoms with E-state index in [1.807, 2.05) is 11.3 Å². The molecule has 5 rings (SSSR count). The summed E-state index contributed by atoms with van der Waals surface area (Å²) in [5.41, 5.74) is 4.00. The van der Waals surface area contributed by atoms with Gasteiger partial charge >= 0.3 is 6.61 Å². The molecule has 0 radical (unpaired) electrons. The van der Waals surface area contributed by atoms with Crippen LogP contribution in [0.2, 0.25) is 0 Å². The van der Waals surface area contributed by atoms with E-state index in [-0.39, 0.29) is 31.7 Å². The molecular formula is C24H22F4N6O. The van der Waals surface area contributed by atoms with Crippen LogP contribution in [0.5, 0.6) is 5.75 Å². The van der Waals surface area contributed by atoms with Crippen LogP contribution in [0.25, 0.3) is 16.9 Å². The summed E-state index contributed by atoms with van der Waals surface area (Å²) < 4.78 is 59.1. The SMILES string of the molecule is Cc1nc2cnc(-c3cnc(N4CCC(F)(F)CC4)nc3)cn2c1Cc1ccccc1OC(F)F. The Balaban J connectivity index is 1.42. The first-order valence-corrected chi connectivity index (χ1v) is 11.1. The third-order valence-electron chi connectivity index (χ3n) is 6.07. The average Bonchev–Trinajstić information content (AvgIpc) is 3.14. The van der Waals surface area contributed by atoms with E-state index < -0.39 is 12.5 Å². The Morgan fingerprint density at radius 2 is 1.74 bits per heavy atom. The van der Waals surface area contributed by atoms with Gasteiger partial charge in [0.15, 0.2) is 5.65 Å². The first kappa shape index (κ1) is 23.0. The van der Waals surface area contributed by atoms with Crippen molar-refractivity contribution < 1.29 is 22.3 Å². The summed E-state index contributed by atoms with van der Waals surface area (Å²) in [5.74, 6) is -2.12. The number of para-hydroxylation sites is 1. The molecule has 1 fully saturated rings. The molecule has 11 heteroatoms. The molecule has 1 aromatic carbocycles. The van der Waals surface area contributed by atoms with Crippen LogP contribution in [-0.2, 0) is 6.42 Å². The molecule has 7 nitrogen and oxygen atoms in total. The highest BCUT2D eigenvalue weighted by molar-refractivity contribution is 5.59. The van der Waals surface area contributed by atoms with Crippen molar-refractivity contribution in [2.75, 3.05) is 18.0 Å². The summed E-state index contributed by atoms with van der Waals surface area (Å²) in [6.07, 6.45) is 6.52. The Morgan fingerprint density at radius 1 is 1.03 bits per heavy atom. The fourth-order valence-corrected chi connectivity index (χ4v) is 4.17. The zero-order valence-electron chi connectivity index (χ0n) is 18.8. The number of alkyl halides is 4. The molecule has 0 bridgehead atoms. The number of hydrogen-bond donors (Lipinski definition) is 0. The molecule has 0 saturated carbocycles. The number of rotatable bonds is 6. The second kappa shape index (κ2) is 9.12. The zero-order valence-corrected chi connectivity index (χ0v) is 18.8. The maximum atomic E-state index is 13.4. The Hall–Kier alpha value is -3.76. The quantitative estimate of drug-likeness (QED) is 0.361. The van der Waals surface area contributed by atoms with Crippen molar-refractivity contribution in [1.82, 2.24) is 24.3 Å². The number of ether oxygens (including phenoxy) is 1. The number of aromatic nitrogens is 5. The van der Waals surface area contributed by atoms with Crippen molar-refractivity contribution in [2.24, 2.45) is 0 Å². The molecule has 0 aliphatic carbocycles. The zero-order chi connectivity index (χ0) is 24.6. The van der Waals surface area contributed by atoms with Crippen LogP contribution < -0.4 is 9.64 Å². The van der Waals surface area contributed by atoms with Gasteiger partial charge in [-0.05, 0) is 13.0 Å². The second-order valence-electron chi connectivity index (χ2n) is 8.42. The number of fused-ring (bicyclic) bond motifs is 1. The third-order valence-corrected chi connectivity index (χ3v) is 6.07. The van der Waals surface area contributed by atoms with E-state index in [9.17, 15) is 17.6 Å². The van der Waals surface area contributed by atoms with E-state index in [0.29, 0.717) is 34.8 Å². The van der Waals surface area contributed by atoms with Gasteiger partial charge in [0.05, 0.1) is 23.3 Å². The predicted octanol–water partition coefficient (Wildman–Crippen LogP) is 4.92. The first-order chi connectivity index (χ1) is 16.8. The lowest BCUT2D eigenvalue weighted by Crippen LogP contribution is -2.40. The summed E-state index contributed by atoms with van der Waals surface area (Å²) >= 11 is 0. The molecule has 1 aliphatic heterocycles. The number of halogens is 4. The second-order valence-corrected chi connectivity index (χ2v) is 8.42. The summed E-state index contributed by atoms with van der Waals surface area (Å²) in [6, 6.07) is 6.66. The van der Waals surface area contributed by atoms with E-state index in [2.05, 4.69) is 24.7 Å². The molecule has 4 aromatic rings. The van der Waals surface area contributed by atoms with Gasteiger partial charge in [-0.1, -0.05) is 18.2 Å². The van der Waals surface area contributed by atoms with Gasteiger partial charge in [-0.25, -0.2) is 23.7 Å². The van der Waals surface area contributed by atoms with Crippen molar-refractivity contribution in [3.8, 4) is 17.0 Å². The molecule has 4 heterocycles. The number of benzene rings is 1. The molecule has 0 spiro atoms. The molecule has 182 valence electrons. The minimum atomic E-state index is -2.92. The van der Waals surface area contributed by atoms with Gasteiger partial charge in [0.1, 0.15) is 5.75 Å². The standard InChI is InChI=1S/C24H22F4N6O/c1-15-19(10-16-4-2-3-5-20(16)35-22(25)26)34-14-18(29-13-21(34)32-15)17-11-30-23(31-12-17)33-8-6-24(27,28)7-9-33/h2-5,11-14,22H,6-10H2,1H3. The van der Waals surface area contributed by atoms with Gasteiger partial charge in [0.2, 0.25) is 5.95 Å². The fraction of sp³-hybridized carbons (Fsp3) is 0.333. The topological polar surface area (TPSA) is 68.4 Å². The largest absolute Gasteiger partial charge is 0.435 e. The Morgan fingerprint density at radius 3 is 2.46 bits per heavy atom. The molecule has 1 aliphatic rings. The van der Waals surface area contributed by atoms with Crippen molar-refractivity contribution in [1.29, 1.82) is 0 Å². The molecule has 0 amide bonds. The minimum Gasteiger partial charge on any atom is -0.435 e. The molecule has 35 heavy (non-hydrogen) atoms. The van der Waals surface area contributed by atoms with Gasteiger partial charge < -0.3 is 9.64 Å². The van der Waals surface area contributed by atoms with Crippen LogP contribution in [0.3, 0.4) is 0 Å². The Labute approximate surface area is 198 Å². The van der Waals surface area contributed by atoms with Crippen LogP contribution in [0.15, 0.2) is 49.1 Å². The monoisotopic (exact) mass is 486 g/mol. The Kier molecular flexibility index (Phi) is 6.00. The summed E-state index contributed by atoms with van der Waals surface area (Å²) in [7, 11) is 0. The number of aryl methyl sites for hydroxylation is 1. The van der Waals surface area contributed by atoms with Crippen LogP contribution in [-0.4, -0.2) is 50.0 Å². The van der Waals surface area contributed by atoms with E-state index in [1.54, 1.807) is 47.9 Å². The molecule has 1 saturated heterocycles. The number of hydrogen-bond acceptors (Lipinski definition) is 6.